The predicted octanol–water partition coefficient (Wildman–Crippen LogP) is 4.14. The average Bonchev–Trinajstić information content (AvgIpc) is 3.28. The van der Waals surface area contributed by atoms with Crippen LogP contribution in [0, 0.1) is 6.92 Å². The van der Waals surface area contributed by atoms with E-state index in [1.807, 2.05) is 13.0 Å². The molecule has 1 aliphatic carbocycles. The lowest BCUT2D eigenvalue weighted by atomic mass is 10.0. The van der Waals surface area contributed by atoms with Gasteiger partial charge < -0.3 is 21.3 Å². The van der Waals surface area contributed by atoms with Crippen molar-refractivity contribution in [3.05, 3.63) is 52.3 Å². The van der Waals surface area contributed by atoms with Crippen LogP contribution < -0.4 is 21.3 Å². The Kier molecular flexibility index (Phi) is 5.69. The van der Waals surface area contributed by atoms with E-state index < -0.39 is 17.8 Å². The summed E-state index contributed by atoms with van der Waals surface area (Å²) in [7, 11) is 0. The Balaban J connectivity index is 1.59. The number of fused-ring (bicyclic) bond motifs is 3. The van der Waals surface area contributed by atoms with Crippen LogP contribution in [0.15, 0.2) is 24.3 Å². The van der Waals surface area contributed by atoms with E-state index in [-0.39, 0.29) is 18.1 Å². The number of alkyl halides is 3. The Morgan fingerprint density at radius 3 is 2.66 bits per heavy atom. The third-order valence-electron chi connectivity index (χ3n) is 6.69. The first-order chi connectivity index (χ1) is 16.6. The molecule has 4 N–H and O–H groups in total. The summed E-state index contributed by atoms with van der Waals surface area (Å²) >= 11 is 0. The van der Waals surface area contributed by atoms with E-state index in [1.54, 1.807) is 13.0 Å². The van der Waals surface area contributed by atoms with Crippen LogP contribution in [0.2, 0.25) is 0 Å². The molecule has 2 heterocycles. The number of anilines is 3. The molecular weight excluding hydrogens is 457 g/mol. The van der Waals surface area contributed by atoms with Gasteiger partial charge in [0.2, 0.25) is 5.91 Å². The number of aromatic nitrogens is 2. The van der Waals surface area contributed by atoms with Crippen LogP contribution in [0.3, 0.4) is 0 Å². The highest BCUT2D eigenvalue weighted by Gasteiger charge is 2.32. The zero-order valence-electron chi connectivity index (χ0n) is 19.6. The Hall–Kier alpha value is -3.56. The molecule has 3 aromatic rings. The summed E-state index contributed by atoms with van der Waals surface area (Å²) in [6.45, 7) is 5.16. The maximum atomic E-state index is 13.3. The van der Waals surface area contributed by atoms with Gasteiger partial charge in [-0.25, -0.2) is 9.97 Å². The molecule has 1 aliphatic heterocycles. The number of carbonyl (C=O) groups excluding carboxylic acids is 1. The predicted molar refractivity (Wildman–Crippen MR) is 129 cm³/mol. The van der Waals surface area contributed by atoms with Crippen molar-refractivity contribution >= 4 is 34.0 Å². The second-order valence-corrected chi connectivity index (χ2v) is 9.25. The van der Waals surface area contributed by atoms with Crippen LogP contribution in [-0.2, 0) is 23.8 Å². The largest absolute Gasteiger partial charge is 0.416 e. The van der Waals surface area contributed by atoms with Crippen molar-refractivity contribution in [3.8, 4) is 0 Å². The van der Waals surface area contributed by atoms with E-state index in [1.165, 1.54) is 5.56 Å². The van der Waals surface area contributed by atoms with Crippen molar-refractivity contribution in [1.29, 1.82) is 0 Å². The molecule has 10 heteroatoms. The van der Waals surface area contributed by atoms with Gasteiger partial charge in [0.1, 0.15) is 11.6 Å². The number of halogens is 3. The van der Waals surface area contributed by atoms with Gasteiger partial charge in [-0.15, -0.1) is 0 Å². The summed E-state index contributed by atoms with van der Waals surface area (Å²) < 4.78 is 40.0. The monoisotopic (exact) mass is 484 g/mol. The fourth-order valence-corrected chi connectivity index (χ4v) is 5.07. The topological polar surface area (TPSA) is 96.2 Å². The van der Waals surface area contributed by atoms with Gasteiger partial charge in [0, 0.05) is 29.9 Å². The molecule has 184 valence electrons. The highest BCUT2D eigenvalue weighted by Crippen LogP contribution is 2.40. The third-order valence-corrected chi connectivity index (χ3v) is 6.69. The van der Waals surface area contributed by atoms with Crippen LogP contribution in [0.1, 0.15) is 47.5 Å². The van der Waals surface area contributed by atoms with Crippen molar-refractivity contribution in [2.45, 2.75) is 45.3 Å². The van der Waals surface area contributed by atoms with Gasteiger partial charge in [-0.1, -0.05) is 0 Å². The van der Waals surface area contributed by atoms with E-state index in [4.69, 9.17) is 10.7 Å². The lowest BCUT2D eigenvalue weighted by molar-refractivity contribution is -0.137. The SMILES string of the molecule is Cc1nc(NC(C)c2cc(N)cc(C(F)(F)F)c2)c2cc(N3CCNC(=O)C3)c3c(c2n1)CCC3. The van der Waals surface area contributed by atoms with Gasteiger partial charge >= 0.3 is 6.18 Å². The number of nitrogen functional groups attached to an aromatic ring is 1. The smallest absolute Gasteiger partial charge is 0.399 e. The molecule has 0 bridgehead atoms. The number of piperazine rings is 1. The van der Waals surface area contributed by atoms with Gasteiger partial charge in [0.25, 0.3) is 0 Å². The van der Waals surface area contributed by atoms with Crippen molar-refractivity contribution in [3.63, 3.8) is 0 Å². The van der Waals surface area contributed by atoms with E-state index in [0.717, 1.165) is 53.5 Å². The first-order valence-electron chi connectivity index (χ1n) is 11.7. The summed E-state index contributed by atoms with van der Waals surface area (Å²) in [5.74, 6) is 1.11. The lowest BCUT2D eigenvalue weighted by Gasteiger charge is -2.31. The number of nitrogens with two attached hydrogens (primary N) is 1. The number of carbonyl (C=O) groups is 1. The van der Waals surface area contributed by atoms with E-state index in [2.05, 4.69) is 20.5 Å². The van der Waals surface area contributed by atoms with E-state index in [9.17, 15) is 18.0 Å². The molecule has 1 saturated heterocycles. The Morgan fingerprint density at radius 2 is 1.91 bits per heavy atom. The van der Waals surface area contributed by atoms with Crippen LogP contribution in [-0.4, -0.2) is 35.5 Å². The summed E-state index contributed by atoms with van der Waals surface area (Å²) in [6.07, 6.45) is -1.68. The summed E-state index contributed by atoms with van der Waals surface area (Å²) in [6, 6.07) is 5.12. The minimum atomic E-state index is -4.49. The molecule has 0 spiro atoms. The van der Waals surface area contributed by atoms with Gasteiger partial charge in [0.15, 0.2) is 0 Å². The van der Waals surface area contributed by atoms with E-state index in [0.29, 0.717) is 30.3 Å². The quantitative estimate of drug-likeness (QED) is 0.482. The molecule has 1 fully saturated rings. The van der Waals surface area contributed by atoms with Gasteiger partial charge in [0.05, 0.1) is 23.7 Å². The molecule has 35 heavy (non-hydrogen) atoms. The van der Waals surface area contributed by atoms with Crippen molar-refractivity contribution < 1.29 is 18.0 Å². The van der Waals surface area contributed by atoms with Crippen LogP contribution in [0.25, 0.3) is 10.9 Å². The number of benzene rings is 2. The normalized spacial score (nSPS) is 16.8. The number of hydrogen-bond acceptors (Lipinski definition) is 6. The molecule has 2 aromatic carbocycles. The molecule has 1 aromatic heterocycles. The standard InChI is InChI=1S/C25H27F3N6O/c1-13(15-8-16(25(26,27)28)10-17(29)9-15)31-24-20-11-21(34-7-6-30-22(35)12-34)18-4-3-5-19(18)23(20)32-14(2)33-24/h8-11,13H,3-7,12,29H2,1-2H3,(H,30,35)(H,31,32,33). The third kappa shape index (κ3) is 4.44. The molecule has 7 nitrogen and oxygen atoms in total. The van der Waals surface area contributed by atoms with E-state index >= 15 is 0 Å². The molecule has 2 aliphatic rings. The first-order valence-corrected chi connectivity index (χ1v) is 11.7. The van der Waals surface area contributed by atoms with Gasteiger partial charge in [-0.3, -0.25) is 4.79 Å². The average molecular weight is 485 g/mol. The van der Waals surface area contributed by atoms with Crippen LogP contribution >= 0.6 is 0 Å². The fourth-order valence-electron chi connectivity index (χ4n) is 5.07. The highest BCUT2D eigenvalue weighted by molar-refractivity contribution is 5.97. The molecule has 0 saturated carbocycles. The van der Waals surface area contributed by atoms with Crippen molar-refractivity contribution in [1.82, 2.24) is 15.3 Å². The highest BCUT2D eigenvalue weighted by atomic mass is 19.4. The van der Waals surface area contributed by atoms with Crippen molar-refractivity contribution in [2.75, 3.05) is 35.6 Å². The van der Waals surface area contributed by atoms with Crippen molar-refractivity contribution in [2.24, 2.45) is 0 Å². The minimum Gasteiger partial charge on any atom is -0.399 e. The van der Waals surface area contributed by atoms with Crippen LogP contribution in [0.5, 0.6) is 0 Å². The molecule has 5 rings (SSSR count). The zero-order valence-corrected chi connectivity index (χ0v) is 19.6. The number of aryl methyl sites for hydroxylation is 2. The lowest BCUT2D eigenvalue weighted by Crippen LogP contribution is -2.48. The summed E-state index contributed by atoms with van der Waals surface area (Å²) in [5.41, 5.74) is 9.70. The number of hydrogen-bond donors (Lipinski definition) is 3. The summed E-state index contributed by atoms with van der Waals surface area (Å²) in [5, 5.41) is 6.96. The van der Waals surface area contributed by atoms with Gasteiger partial charge in [-0.05, 0) is 74.1 Å². The Morgan fingerprint density at radius 1 is 1.14 bits per heavy atom. The zero-order chi connectivity index (χ0) is 24.9. The van der Waals surface area contributed by atoms with Crippen LogP contribution in [0.4, 0.5) is 30.4 Å². The molecule has 1 amide bonds. The first kappa shape index (κ1) is 23.2. The Labute approximate surface area is 200 Å². The second kappa shape index (κ2) is 8.58. The maximum absolute atomic E-state index is 13.3. The number of nitrogens with zero attached hydrogens (tertiary/aromatic N) is 3. The number of rotatable bonds is 4. The number of amides is 1. The summed E-state index contributed by atoms with van der Waals surface area (Å²) in [4.78, 5) is 23.5. The Bertz CT molecular complexity index is 1320. The number of nitrogens with one attached hydrogen (secondary N) is 2. The van der Waals surface area contributed by atoms with Gasteiger partial charge in [-0.2, -0.15) is 13.2 Å². The molecule has 1 unspecified atom stereocenters. The maximum Gasteiger partial charge on any atom is 0.416 e. The molecular formula is C25H27F3N6O. The minimum absolute atomic E-state index is 0.0163. The molecule has 0 radical (unpaired) electrons. The second-order valence-electron chi connectivity index (χ2n) is 9.25. The fraction of sp³-hybridized carbons (Fsp3) is 0.400. The molecule has 1 atom stereocenters.